The molecule has 11 heteroatoms. The fourth-order valence-electron chi connectivity index (χ4n) is 4.86. The van der Waals surface area contributed by atoms with Crippen LogP contribution in [0.3, 0.4) is 0 Å². The number of carboxylic acids is 1. The SMILES string of the molecule is O=C(O)c1ccc(NN=c2c(S(=O)(=O)O)cc(=NC3CCCCC3)c3c(=O)c4ccccc4c(=O)c2=3)cc1. The van der Waals surface area contributed by atoms with Crippen LogP contribution in [-0.4, -0.2) is 30.1 Å². The number of benzene rings is 2. The quantitative estimate of drug-likeness (QED) is 0.260. The van der Waals surface area contributed by atoms with E-state index in [1.54, 1.807) is 12.1 Å². The number of carbonyl (C=O) groups is 1. The predicted molar refractivity (Wildman–Crippen MR) is 139 cm³/mol. The van der Waals surface area contributed by atoms with E-state index in [1.807, 2.05) is 0 Å². The van der Waals surface area contributed by atoms with Crippen LogP contribution in [0, 0.1) is 10.4 Å². The molecule has 3 aliphatic rings. The molecule has 0 saturated heterocycles. The van der Waals surface area contributed by atoms with E-state index < -0.39 is 37.2 Å². The molecule has 0 spiro atoms. The molecule has 5 rings (SSSR count). The summed E-state index contributed by atoms with van der Waals surface area (Å²) in [7, 11) is -4.91. The number of carboxylic acid groups (broad SMARTS) is 1. The molecule has 0 bridgehead atoms. The van der Waals surface area contributed by atoms with Crippen LogP contribution in [0.25, 0.3) is 10.8 Å². The minimum atomic E-state index is -4.91. The van der Waals surface area contributed by atoms with Gasteiger partial charge in [0.25, 0.3) is 10.1 Å². The average molecular weight is 534 g/mol. The Labute approximate surface area is 215 Å². The molecule has 194 valence electrons. The predicted octanol–water partition coefficient (Wildman–Crippen LogP) is 2.27. The van der Waals surface area contributed by atoms with Crippen LogP contribution in [0.5, 0.6) is 0 Å². The van der Waals surface area contributed by atoms with Crippen molar-refractivity contribution in [2.45, 2.75) is 43.0 Å². The summed E-state index contributed by atoms with van der Waals surface area (Å²) in [6, 6.07) is 12.6. The van der Waals surface area contributed by atoms with Crippen molar-refractivity contribution in [2.24, 2.45) is 10.1 Å². The largest absolute Gasteiger partial charge is 0.478 e. The van der Waals surface area contributed by atoms with Gasteiger partial charge in [0.1, 0.15) is 10.3 Å². The van der Waals surface area contributed by atoms with Gasteiger partial charge in [-0.1, -0.05) is 43.5 Å². The Morgan fingerprint density at radius 2 is 1.50 bits per heavy atom. The van der Waals surface area contributed by atoms with E-state index in [-0.39, 0.29) is 43.9 Å². The van der Waals surface area contributed by atoms with Crippen LogP contribution in [0.2, 0.25) is 0 Å². The van der Waals surface area contributed by atoms with Gasteiger partial charge in [-0.05, 0) is 43.2 Å². The first-order valence-corrected chi connectivity index (χ1v) is 13.5. The Morgan fingerprint density at radius 3 is 2.08 bits per heavy atom. The molecule has 3 N–H and O–H groups in total. The molecule has 0 unspecified atom stereocenters. The molecule has 0 radical (unpaired) electrons. The van der Waals surface area contributed by atoms with Gasteiger partial charge in [-0.15, -0.1) is 0 Å². The molecule has 0 heterocycles. The summed E-state index contributed by atoms with van der Waals surface area (Å²) in [4.78, 5) is 42.5. The van der Waals surface area contributed by atoms with Crippen molar-refractivity contribution in [1.82, 2.24) is 0 Å². The highest BCUT2D eigenvalue weighted by molar-refractivity contribution is 7.85. The molecule has 2 aromatic rings. The standard InChI is InChI=1S/C27H23N3O7S/c31-25-18-8-4-5-9-19(18)26(32)23-22(25)20(28-16-6-2-1-3-7-16)14-21(38(35,36)37)24(23)30-29-17-12-10-15(11-13-17)27(33)34/h4-5,8-14,16,29H,1-3,6-7H2,(H,33,34)(H,35,36,37). The van der Waals surface area contributed by atoms with E-state index >= 15 is 0 Å². The first kappa shape index (κ1) is 25.4. The van der Waals surface area contributed by atoms with Crippen molar-refractivity contribution in [3.8, 4) is 0 Å². The topological polar surface area (TPSA) is 163 Å². The van der Waals surface area contributed by atoms with Crippen LogP contribution in [0.1, 0.15) is 42.5 Å². The Hall–Kier alpha value is -4.22. The minimum Gasteiger partial charge on any atom is -0.478 e. The first-order chi connectivity index (χ1) is 18.1. The molecular formula is C27H23N3O7S. The number of fused-ring (bicyclic) bond motifs is 1. The number of nitrogens with one attached hydrogen (secondary N) is 1. The van der Waals surface area contributed by atoms with E-state index in [4.69, 9.17) is 5.11 Å². The van der Waals surface area contributed by atoms with E-state index in [0.29, 0.717) is 0 Å². The van der Waals surface area contributed by atoms with Gasteiger partial charge in [-0.3, -0.25) is 24.6 Å². The van der Waals surface area contributed by atoms with Gasteiger partial charge in [0.2, 0.25) is 0 Å². The molecule has 10 nitrogen and oxygen atoms in total. The molecule has 0 amide bonds. The molecule has 0 atom stereocenters. The highest BCUT2D eigenvalue weighted by Gasteiger charge is 2.21. The number of nitrogens with zero attached hydrogens (tertiary/aromatic N) is 2. The van der Waals surface area contributed by atoms with E-state index in [2.05, 4.69) is 15.5 Å². The van der Waals surface area contributed by atoms with Crippen LogP contribution in [0.4, 0.5) is 5.69 Å². The second-order valence-corrected chi connectivity index (χ2v) is 10.6. The first-order valence-electron chi connectivity index (χ1n) is 12.0. The van der Waals surface area contributed by atoms with Gasteiger partial charge in [0.05, 0.1) is 33.1 Å². The molecule has 3 aliphatic carbocycles. The van der Waals surface area contributed by atoms with Crippen molar-refractivity contribution in [1.29, 1.82) is 0 Å². The monoisotopic (exact) mass is 533 g/mol. The van der Waals surface area contributed by atoms with E-state index in [9.17, 15) is 27.4 Å². The molecule has 2 aromatic carbocycles. The molecule has 38 heavy (non-hydrogen) atoms. The van der Waals surface area contributed by atoms with E-state index in [0.717, 1.165) is 38.2 Å². The summed E-state index contributed by atoms with van der Waals surface area (Å²) < 4.78 is 35.2. The van der Waals surface area contributed by atoms with Crippen LogP contribution in [-0.2, 0) is 10.1 Å². The van der Waals surface area contributed by atoms with Crippen molar-refractivity contribution in [3.05, 3.63) is 102 Å². The van der Waals surface area contributed by atoms with Crippen molar-refractivity contribution in [3.63, 3.8) is 0 Å². The number of hydrogen-bond donors (Lipinski definition) is 3. The highest BCUT2D eigenvalue weighted by atomic mass is 32.2. The Kier molecular flexibility index (Phi) is 6.64. The third-order valence-corrected chi connectivity index (χ3v) is 7.58. The number of anilines is 1. The normalized spacial score (nSPS) is 15.8. The summed E-state index contributed by atoms with van der Waals surface area (Å²) in [5, 5.41) is 12.8. The lowest BCUT2D eigenvalue weighted by Crippen LogP contribution is -2.34. The van der Waals surface area contributed by atoms with E-state index in [1.165, 1.54) is 36.4 Å². The maximum atomic E-state index is 13.7. The van der Waals surface area contributed by atoms with Gasteiger partial charge in [-0.2, -0.15) is 13.5 Å². The smallest absolute Gasteiger partial charge is 0.335 e. The summed E-state index contributed by atoms with van der Waals surface area (Å²) in [6.45, 7) is 0. The second kappa shape index (κ2) is 9.92. The number of rotatable bonds is 5. The van der Waals surface area contributed by atoms with Crippen LogP contribution < -0.4 is 27.0 Å². The van der Waals surface area contributed by atoms with Gasteiger partial charge < -0.3 is 5.11 Å². The molecule has 0 aromatic heterocycles. The molecular weight excluding hydrogens is 510 g/mol. The lowest BCUT2D eigenvalue weighted by atomic mass is 9.96. The summed E-state index contributed by atoms with van der Waals surface area (Å²) >= 11 is 0. The maximum Gasteiger partial charge on any atom is 0.335 e. The number of aromatic carboxylic acids is 1. The van der Waals surface area contributed by atoms with Gasteiger partial charge in [0.15, 0.2) is 10.9 Å². The zero-order valence-corrected chi connectivity index (χ0v) is 20.9. The third-order valence-electron chi connectivity index (χ3n) is 6.72. The molecule has 0 aliphatic heterocycles. The maximum absolute atomic E-state index is 13.7. The Bertz CT molecular complexity index is 1970. The minimum absolute atomic E-state index is 0.0251. The van der Waals surface area contributed by atoms with Crippen LogP contribution >= 0.6 is 0 Å². The van der Waals surface area contributed by atoms with Gasteiger partial charge in [-0.25, -0.2) is 4.79 Å². The fraction of sp³-hybridized carbons (Fsp3) is 0.222. The van der Waals surface area contributed by atoms with Gasteiger partial charge in [0, 0.05) is 10.8 Å². The highest BCUT2D eigenvalue weighted by Crippen LogP contribution is 2.20. The zero-order chi connectivity index (χ0) is 27.0. The summed E-state index contributed by atoms with van der Waals surface area (Å²) in [6.07, 6.45) is 4.45. The molecule has 1 saturated carbocycles. The van der Waals surface area contributed by atoms with Crippen molar-refractivity contribution in [2.75, 3.05) is 5.43 Å². The lowest BCUT2D eigenvalue weighted by molar-refractivity contribution is 0.0697. The lowest BCUT2D eigenvalue weighted by Gasteiger charge is -2.17. The Morgan fingerprint density at radius 1 is 0.895 bits per heavy atom. The molecule has 1 fully saturated rings. The second-order valence-electron chi connectivity index (χ2n) is 9.20. The zero-order valence-electron chi connectivity index (χ0n) is 20.0. The van der Waals surface area contributed by atoms with Crippen molar-refractivity contribution >= 4 is 32.5 Å². The summed E-state index contributed by atoms with van der Waals surface area (Å²) in [5.74, 6) is -1.13. The Balaban J connectivity index is 1.92. The van der Waals surface area contributed by atoms with Gasteiger partial charge >= 0.3 is 5.97 Å². The number of hydrogen-bond acceptors (Lipinski definition) is 8. The average Bonchev–Trinajstić information content (AvgIpc) is 2.90. The van der Waals surface area contributed by atoms with Crippen LogP contribution in [0.15, 0.2) is 79.2 Å². The fourth-order valence-corrected chi connectivity index (χ4v) is 5.51. The summed E-state index contributed by atoms with van der Waals surface area (Å²) in [5.41, 5.74) is 1.81. The van der Waals surface area contributed by atoms with Crippen molar-refractivity contribution < 1.29 is 22.9 Å². The third kappa shape index (κ3) is 4.73.